The zero-order chi connectivity index (χ0) is 27.1. The quantitative estimate of drug-likeness (QED) is 0.0959. The summed E-state index contributed by atoms with van der Waals surface area (Å²) in [5.74, 6) is 3.91. The summed E-state index contributed by atoms with van der Waals surface area (Å²) >= 11 is -1.94. The van der Waals surface area contributed by atoms with Crippen LogP contribution in [-0.4, -0.2) is 48.5 Å². The Balaban J connectivity index is 3.17. The molecule has 0 aromatic heterocycles. The Hall–Kier alpha value is 0.275. The molecule has 0 aliphatic carbocycles. The van der Waals surface area contributed by atoms with Crippen molar-refractivity contribution in [3.63, 3.8) is 0 Å². The average molecular weight is 684 g/mol. The van der Waals surface area contributed by atoms with Gasteiger partial charge in [-0.3, -0.25) is 0 Å². The molecule has 0 amide bonds. The third-order valence-corrected chi connectivity index (χ3v) is 25.5. The van der Waals surface area contributed by atoms with Gasteiger partial charge >= 0.3 is 240 Å². The Morgan fingerprint density at radius 3 is 1.75 bits per heavy atom. The van der Waals surface area contributed by atoms with Crippen LogP contribution in [0, 0.1) is 9.86 Å². The van der Waals surface area contributed by atoms with Gasteiger partial charge in [0.15, 0.2) is 0 Å². The van der Waals surface area contributed by atoms with E-state index < -0.39 is 27.4 Å². The van der Waals surface area contributed by atoms with E-state index in [1.165, 1.54) is 68.0 Å². The van der Waals surface area contributed by atoms with Crippen LogP contribution in [0.3, 0.4) is 0 Å². The van der Waals surface area contributed by atoms with Crippen molar-refractivity contribution >= 4 is 46.8 Å². The van der Waals surface area contributed by atoms with Crippen molar-refractivity contribution in [3.05, 3.63) is 30.3 Å². The molecule has 1 atom stereocenters. The normalized spacial score (nSPS) is 13.5. The standard InChI is InChI=1S/C20H30OSeSi.3C4H9.Sn/c1-8-17(21-23(19(2,3)4)20(5,6)7)13-12-16-22-18-14-10-9-11-15-18;3*1-3-4-2;/h9-11,14-15,17H,12-13,16H2,2-7H3;3*1,3-4H2,2H3;. The molecule has 0 fully saturated rings. The summed E-state index contributed by atoms with van der Waals surface area (Å²) in [7, 11) is -1.05. The van der Waals surface area contributed by atoms with Gasteiger partial charge in [0.05, 0.1) is 0 Å². The predicted molar refractivity (Wildman–Crippen MR) is 169 cm³/mol. The summed E-state index contributed by atoms with van der Waals surface area (Å²) in [4.78, 5) is 0. The van der Waals surface area contributed by atoms with E-state index >= 15 is 0 Å². The van der Waals surface area contributed by atoms with E-state index in [4.69, 9.17) is 4.43 Å². The van der Waals surface area contributed by atoms with E-state index in [1.807, 2.05) is 0 Å². The molecule has 0 bridgehead atoms. The monoisotopic (exact) mass is 685 g/mol. The van der Waals surface area contributed by atoms with E-state index in [-0.39, 0.29) is 16.2 Å². The van der Waals surface area contributed by atoms with Crippen molar-refractivity contribution in [1.82, 2.24) is 0 Å². The Morgan fingerprint density at radius 1 is 0.806 bits per heavy atom. The summed E-state index contributed by atoms with van der Waals surface area (Å²) in [5.41, 5.74) is 0. The Kier molecular flexibility index (Phi) is 16.9. The van der Waals surface area contributed by atoms with Crippen LogP contribution in [0.15, 0.2) is 30.3 Å². The molecule has 4 heteroatoms. The molecular formula is C32H57OSeSiSn. The van der Waals surface area contributed by atoms with Gasteiger partial charge in [-0.15, -0.1) is 0 Å². The van der Waals surface area contributed by atoms with E-state index in [1.54, 1.807) is 0 Å². The van der Waals surface area contributed by atoms with Crippen LogP contribution in [0.1, 0.15) is 114 Å². The van der Waals surface area contributed by atoms with E-state index in [0.717, 1.165) is 6.42 Å². The van der Waals surface area contributed by atoms with Crippen LogP contribution >= 0.6 is 0 Å². The van der Waals surface area contributed by atoms with Gasteiger partial charge in [0.1, 0.15) is 0 Å². The minimum absolute atomic E-state index is 0.116. The Bertz CT molecular complexity index is 721. The first kappa shape index (κ1) is 34.3. The number of benzene rings is 1. The maximum atomic E-state index is 7.11. The van der Waals surface area contributed by atoms with Gasteiger partial charge in [-0.1, -0.05) is 0 Å². The van der Waals surface area contributed by atoms with Gasteiger partial charge in [0, 0.05) is 0 Å². The average Bonchev–Trinajstić information content (AvgIpc) is 2.82. The molecule has 0 aliphatic heterocycles. The second kappa shape index (κ2) is 17.8. The molecule has 205 valence electrons. The molecule has 1 aromatic rings. The summed E-state index contributed by atoms with van der Waals surface area (Å²) in [5, 5.41) is 1.68. The van der Waals surface area contributed by atoms with E-state index in [0.29, 0.717) is 15.0 Å². The number of hydrogen-bond donors (Lipinski definition) is 0. The third-order valence-electron chi connectivity index (χ3n) is 6.77. The molecule has 0 saturated carbocycles. The zero-order valence-electron chi connectivity index (χ0n) is 25.3. The number of rotatable bonds is 16. The van der Waals surface area contributed by atoms with Crippen molar-refractivity contribution in [1.29, 1.82) is 0 Å². The molecule has 0 aliphatic rings. The third kappa shape index (κ3) is 13.9. The zero-order valence-corrected chi connectivity index (χ0v) is 30.8. The molecule has 1 nitrogen and oxygen atoms in total. The molecule has 0 spiro atoms. The maximum absolute atomic E-state index is 7.11. The Morgan fingerprint density at radius 2 is 1.31 bits per heavy atom. The first-order valence-corrected chi connectivity index (χ1v) is 25.7. The van der Waals surface area contributed by atoms with Crippen LogP contribution in [0.25, 0.3) is 0 Å². The van der Waals surface area contributed by atoms with Crippen molar-refractivity contribution in [2.75, 3.05) is 0 Å². The van der Waals surface area contributed by atoms with Crippen molar-refractivity contribution < 1.29 is 4.43 Å². The topological polar surface area (TPSA) is 9.23 Å². The molecule has 0 heterocycles. The molecule has 1 radical (unpaired) electrons. The predicted octanol–water partition coefficient (Wildman–Crippen LogP) is 9.58. The Labute approximate surface area is 238 Å². The molecule has 0 N–H and O–H groups in total. The SMILES string of the molecule is CCC[CH2][Sn]([C]#CC(CCC[Se]c1ccccc1)O[Si](C(C)(C)C)C(C)(C)C)([CH2]CCC)[CH2]CCC. The van der Waals surface area contributed by atoms with E-state index in [9.17, 15) is 0 Å². The molecule has 0 saturated heterocycles. The molecule has 1 aromatic carbocycles. The van der Waals surface area contributed by atoms with Crippen LogP contribution in [-0.2, 0) is 4.43 Å². The molecule has 36 heavy (non-hydrogen) atoms. The van der Waals surface area contributed by atoms with Gasteiger partial charge in [-0.25, -0.2) is 0 Å². The van der Waals surface area contributed by atoms with Gasteiger partial charge in [-0.2, -0.15) is 0 Å². The fraction of sp³-hybridized carbons (Fsp3) is 0.750. The summed E-state index contributed by atoms with van der Waals surface area (Å²) < 4.78 is 17.2. The van der Waals surface area contributed by atoms with Crippen LogP contribution in [0.4, 0.5) is 0 Å². The van der Waals surface area contributed by atoms with E-state index in [2.05, 4.69) is 103 Å². The van der Waals surface area contributed by atoms with Crippen LogP contribution < -0.4 is 4.46 Å². The summed E-state index contributed by atoms with van der Waals surface area (Å²) in [6.45, 7) is 21.3. The molecule has 1 rings (SSSR count). The van der Waals surface area contributed by atoms with Crippen LogP contribution in [0.5, 0.6) is 0 Å². The second-order valence-electron chi connectivity index (χ2n) is 12.6. The first-order valence-electron chi connectivity index (χ1n) is 14.7. The summed E-state index contributed by atoms with van der Waals surface area (Å²) in [6.07, 6.45) is 10.5. The first-order chi connectivity index (χ1) is 17.0. The van der Waals surface area contributed by atoms with Gasteiger partial charge in [-0.05, 0) is 0 Å². The van der Waals surface area contributed by atoms with Gasteiger partial charge in [0.25, 0.3) is 0 Å². The molecule has 1 unspecified atom stereocenters. The van der Waals surface area contributed by atoms with Gasteiger partial charge in [0.2, 0.25) is 0 Å². The van der Waals surface area contributed by atoms with Crippen molar-refractivity contribution in [2.24, 2.45) is 0 Å². The second-order valence-corrected chi connectivity index (χ2v) is 31.2. The van der Waals surface area contributed by atoms with Crippen LogP contribution in [0.2, 0.25) is 28.7 Å². The number of unbranched alkanes of at least 4 members (excludes halogenated alkanes) is 3. The van der Waals surface area contributed by atoms with Crippen molar-refractivity contribution in [2.45, 2.75) is 148 Å². The number of hydrogen-bond acceptors (Lipinski definition) is 1. The fourth-order valence-electron chi connectivity index (χ4n) is 5.10. The van der Waals surface area contributed by atoms with Gasteiger partial charge < -0.3 is 0 Å². The van der Waals surface area contributed by atoms with Crippen molar-refractivity contribution in [3.8, 4) is 9.86 Å². The minimum atomic E-state index is -2.49. The fourth-order valence-corrected chi connectivity index (χ4v) is 23.8. The summed E-state index contributed by atoms with van der Waals surface area (Å²) in [6, 6.07) is 11.0. The molecular weight excluding hydrogens is 626 g/mol.